The molecular weight excluding hydrogens is 433 g/mol. The van der Waals surface area contributed by atoms with Crippen molar-refractivity contribution in [3.8, 4) is 11.3 Å². The van der Waals surface area contributed by atoms with Crippen molar-refractivity contribution in [2.24, 2.45) is 0 Å². The topological polar surface area (TPSA) is 55.2 Å². The molecular formula is C23H27Cl2N5O. The van der Waals surface area contributed by atoms with Crippen LogP contribution in [-0.2, 0) is 17.8 Å². The van der Waals surface area contributed by atoms with Crippen LogP contribution in [0, 0.1) is 0 Å². The molecule has 164 valence electrons. The van der Waals surface area contributed by atoms with Crippen LogP contribution in [-0.4, -0.2) is 59.3 Å². The first-order chi connectivity index (χ1) is 15.2. The lowest BCUT2D eigenvalue weighted by Gasteiger charge is -2.26. The maximum atomic E-state index is 6.16. The minimum atomic E-state index is 0.535. The Morgan fingerprint density at radius 1 is 0.968 bits per heavy atom. The van der Waals surface area contributed by atoms with Gasteiger partial charge >= 0.3 is 0 Å². The Balaban J connectivity index is 1.40. The van der Waals surface area contributed by atoms with E-state index in [9.17, 15) is 0 Å². The maximum absolute atomic E-state index is 6.16. The number of rotatable bonds is 9. The molecule has 0 saturated carbocycles. The number of hydrogen-bond donors (Lipinski definition) is 1. The predicted molar refractivity (Wildman–Crippen MR) is 125 cm³/mol. The Bertz CT molecular complexity index is 973. The summed E-state index contributed by atoms with van der Waals surface area (Å²) in [5.41, 5.74) is 3.92. The van der Waals surface area contributed by atoms with E-state index in [2.05, 4.69) is 22.3 Å². The summed E-state index contributed by atoms with van der Waals surface area (Å²) in [6, 6.07) is 15.8. The van der Waals surface area contributed by atoms with Crippen LogP contribution in [0.15, 0.2) is 48.5 Å². The van der Waals surface area contributed by atoms with E-state index in [0.717, 1.165) is 68.3 Å². The number of nitrogens with zero attached hydrogens (tertiary/aromatic N) is 4. The van der Waals surface area contributed by atoms with E-state index >= 15 is 0 Å². The van der Waals surface area contributed by atoms with Gasteiger partial charge in [0.15, 0.2) is 0 Å². The van der Waals surface area contributed by atoms with Gasteiger partial charge in [0.2, 0.25) is 0 Å². The standard InChI is InChI=1S/C23H27Cl2N5O/c24-20-8-7-18(15-21(20)25)17-30-27-22(23(28-30)19-5-2-1-3-6-19)16-26-9-4-10-29-11-13-31-14-12-29/h1-3,5-8,15,26H,4,9-14,16-17H2. The van der Waals surface area contributed by atoms with Crippen LogP contribution in [0.25, 0.3) is 11.3 Å². The molecule has 2 heterocycles. The molecule has 0 radical (unpaired) electrons. The molecule has 0 aliphatic carbocycles. The molecule has 0 spiro atoms. The minimum absolute atomic E-state index is 0.535. The normalized spacial score (nSPS) is 14.8. The Hall–Kier alpha value is -1.96. The van der Waals surface area contributed by atoms with Crippen LogP contribution < -0.4 is 5.32 Å². The Labute approximate surface area is 193 Å². The highest BCUT2D eigenvalue weighted by atomic mass is 35.5. The Kier molecular flexibility index (Phi) is 7.94. The molecule has 4 rings (SSSR count). The summed E-state index contributed by atoms with van der Waals surface area (Å²) in [6.07, 6.45) is 1.10. The summed E-state index contributed by atoms with van der Waals surface area (Å²) < 4.78 is 5.41. The molecule has 0 atom stereocenters. The highest BCUT2D eigenvalue weighted by Crippen LogP contribution is 2.24. The zero-order chi connectivity index (χ0) is 21.5. The van der Waals surface area contributed by atoms with Gasteiger partial charge in [0.1, 0.15) is 11.4 Å². The van der Waals surface area contributed by atoms with Gasteiger partial charge in [-0.3, -0.25) is 4.90 Å². The third kappa shape index (κ3) is 6.28. The van der Waals surface area contributed by atoms with E-state index in [1.54, 1.807) is 10.9 Å². The van der Waals surface area contributed by atoms with Gasteiger partial charge in [0.05, 0.1) is 29.8 Å². The molecule has 0 amide bonds. The van der Waals surface area contributed by atoms with Crippen molar-refractivity contribution < 1.29 is 4.74 Å². The van der Waals surface area contributed by atoms with E-state index in [-0.39, 0.29) is 0 Å². The summed E-state index contributed by atoms with van der Waals surface area (Å²) in [4.78, 5) is 4.18. The largest absolute Gasteiger partial charge is 0.379 e. The quantitative estimate of drug-likeness (QED) is 0.487. The fraction of sp³-hybridized carbons (Fsp3) is 0.391. The van der Waals surface area contributed by atoms with Crippen molar-refractivity contribution >= 4 is 23.2 Å². The average Bonchev–Trinajstić information content (AvgIpc) is 3.20. The monoisotopic (exact) mass is 459 g/mol. The zero-order valence-electron chi connectivity index (χ0n) is 17.4. The van der Waals surface area contributed by atoms with Gasteiger partial charge in [-0.05, 0) is 37.2 Å². The first kappa shape index (κ1) is 22.2. The van der Waals surface area contributed by atoms with Crippen molar-refractivity contribution in [1.29, 1.82) is 0 Å². The molecule has 1 N–H and O–H groups in total. The second-order valence-electron chi connectivity index (χ2n) is 7.62. The summed E-state index contributed by atoms with van der Waals surface area (Å²) in [7, 11) is 0. The SMILES string of the molecule is Clc1ccc(Cn2nc(CNCCCN3CCOCC3)c(-c3ccccc3)n2)cc1Cl. The molecule has 31 heavy (non-hydrogen) atoms. The predicted octanol–water partition coefficient (Wildman–Crippen LogP) is 4.11. The second-order valence-corrected chi connectivity index (χ2v) is 8.44. The molecule has 1 saturated heterocycles. The van der Waals surface area contributed by atoms with Crippen molar-refractivity contribution in [3.63, 3.8) is 0 Å². The van der Waals surface area contributed by atoms with Crippen LogP contribution >= 0.6 is 23.2 Å². The van der Waals surface area contributed by atoms with Crippen molar-refractivity contribution in [1.82, 2.24) is 25.2 Å². The number of morpholine rings is 1. The molecule has 6 nitrogen and oxygen atoms in total. The van der Waals surface area contributed by atoms with Crippen molar-refractivity contribution in [2.45, 2.75) is 19.5 Å². The third-order valence-electron chi connectivity index (χ3n) is 5.30. The third-order valence-corrected chi connectivity index (χ3v) is 6.04. The number of hydrogen-bond acceptors (Lipinski definition) is 5. The van der Waals surface area contributed by atoms with E-state index < -0.39 is 0 Å². The number of halogens is 2. The Morgan fingerprint density at radius 3 is 2.55 bits per heavy atom. The van der Waals surface area contributed by atoms with E-state index in [1.807, 2.05) is 30.3 Å². The van der Waals surface area contributed by atoms with E-state index in [4.69, 9.17) is 38.1 Å². The van der Waals surface area contributed by atoms with Gasteiger partial charge in [-0.2, -0.15) is 15.0 Å². The van der Waals surface area contributed by atoms with Crippen molar-refractivity contribution in [3.05, 3.63) is 69.8 Å². The van der Waals surface area contributed by atoms with E-state index in [0.29, 0.717) is 23.1 Å². The number of ether oxygens (including phenoxy) is 1. The fourth-order valence-corrected chi connectivity index (χ4v) is 3.97. The summed E-state index contributed by atoms with van der Waals surface area (Å²) in [5, 5.41) is 14.1. The average molecular weight is 460 g/mol. The highest BCUT2D eigenvalue weighted by molar-refractivity contribution is 6.42. The molecule has 0 bridgehead atoms. The molecule has 2 aromatic carbocycles. The van der Waals surface area contributed by atoms with Crippen LogP contribution in [0.2, 0.25) is 10.0 Å². The highest BCUT2D eigenvalue weighted by Gasteiger charge is 2.14. The van der Waals surface area contributed by atoms with E-state index in [1.165, 1.54) is 0 Å². The molecule has 1 aliphatic rings. The van der Waals surface area contributed by atoms with Crippen molar-refractivity contribution in [2.75, 3.05) is 39.4 Å². The lowest BCUT2D eigenvalue weighted by molar-refractivity contribution is 0.0374. The lowest BCUT2D eigenvalue weighted by atomic mass is 10.1. The molecule has 3 aromatic rings. The number of benzene rings is 2. The minimum Gasteiger partial charge on any atom is -0.379 e. The lowest BCUT2D eigenvalue weighted by Crippen LogP contribution is -2.37. The molecule has 1 aliphatic heterocycles. The number of aromatic nitrogens is 3. The zero-order valence-corrected chi connectivity index (χ0v) is 18.9. The maximum Gasteiger partial charge on any atom is 0.117 e. The van der Waals surface area contributed by atoms with Gasteiger partial charge in [-0.1, -0.05) is 59.6 Å². The fourth-order valence-electron chi connectivity index (χ4n) is 3.65. The van der Waals surface area contributed by atoms with Gasteiger partial charge in [-0.15, -0.1) is 0 Å². The van der Waals surface area contributed by atoms with Crippen LogP contribution in [0.1, 0.15) is 17.7 Å². The summed E-state index contributed by atoms with van der Waals surface area (Å²) in [5.74, 6) is 0. The number of nitrogens with one attached hydrogen (secondary N) is 1. The molecule has 1 aromatic heterocycles. The van der Waals surface area contributed by atoms with Crippen LogP contribution in [0.3, 0.4) is 0 Å². The van der Waals surface area contributed by atoms with Crippen LogP contribution in [0.4, 0.5) is 0 Å². The summed E-state index contributed by atoms with van der Waals surface area (Å²) in [6.45, 7) is 6.98. The molecule has 8 heteroatoms. The van der Waals surface area contributed by atoms with Gasteiger partial charge in [-0.25, -0.2) is 0 Å². The van der Waals surface area contributed by atoms with Gasteiger partial charge < -0.3 is 10.1 Å². The van der Waals surface area contributed by atoms with Crippen LogP contribution in [0.5, 0.6) is 0 Å². The molecule has 1 fully saturated rings. The molecule has 0 unspecified atom stereocenters. The van der Waals surface area contributed by atoms with Gasteiger partial charge in [0, 0.05) is 25.2 Å². The smallest absolute Gasteiger partial charge is 0.117 e. The first-order valence-electron chi connectivity index (χ1n) is 10.6. The summed E-state index contributed by atoms with van der Waals surface area (Å²) >= 11 is 12.2. The Morgan fingerprint density at radius 2 is 1.77 bits per heavy atom. The second kappa shape index (κ2) is 11.1. The van der Waals surface area contributed by atoms with Gasteiger partial charge in [0.25, 0.3) is 0 Å². The first-order valence-corrected chi connectivity index (χ1v) is 11.4.